The predicted molar refractivity (Wildman–Crippen MR) is 75.5 cm³/mol. The van der Waals surface area contributed by atoms with E-state index in [1.54, 1.807) is 0 Å². The van der Waals surface area contributed by atoms with Gasteiger partial charge in [-0.05, 0) is 42.7 Å². The van der Waals surface area contributed by atoms with E-state index in [0.717, 1.165) is 24.0 Å². The molecule has 0 spiro atoms. The van der Waals surface area contributed by atoms with Crippen molar-refractivity contribution in [2.24, 2.45) is 5.92 Å². The first-order valence-corrected chi connectivity index (χ1v) is 8.80. The molecule has 108 valence electrons. The Kier molecular flexibility index (Phi) is 3.12. The molecular formula is C15H18O4S. The van der Waals surface area contributed by atoms with E-state index in [-0.39, 0.29) is 17.4 Å². The number of hydrogen-bond donors (Lipinski definition) is 1. The molecule has 3 rings (SSSR count). The molecule has 20 heavy (non-hydrogen) atoms. The minimum Gasteiger partial charge on any atom is -0.481 e. The molecule has 2 aliphatic rings. The molecule has 1 fully saturated rings. The summed E-state index contributed by atoms with van der Waals surface area (Å²) in [6.45, 7) is 0. The molecule has 0 amide bonds. The maximum Gasteiger partial charge on any atom is 0.314 e. The standard InChI is InChI=1S/C15H18O4S/c16-14(17)15(12-7-9-20(18,19)10-12)8-3-5-11-4-1-2-6-13(11)15/h1-2,4,6,12H,3,5,7-10H2,(H,16,17). The lowest BCUT2D eigenvalue weighted by atomic mass is 9.62. The summed E-state index contributed by atoms with van der Waals surface area (Å²) in [5.74, 6) is -1.04. The van der Waals surface area contributed by atoms with Crippen LogP contribution in [0.5, 0.6) is 0 Å². The molecule has 0 saturated carbocycles. The number of carboxylic acids is 1. The van der Waals surface area contributed by atoms with Crippen LogP contribution in [0.25, 0.3) is 0 Å². The van der Waals surface area contributed by atoms with Crippen LogP contribution in [0.4, 0.5) is 0 Å². The number of carboxylic acid groups (broad SMARTS) is 1. The highest BCUT2D eigenvalue weighted by molar-refractivity contribution is 7.91. The summed E-state index contributed by atoms with van der Waals surface area (Å²) in [4.78, 5) is 12.0. The number of carbonyl (C=O) groups is 1. The fourth-order valence-electron chi connectivity index (χ4n) is 3.87. The third-order valence-electron chi connectivity index (χ3n) is 4.83. The Morgan fingerprint density at radius 2 is 2.05 bits per heavy atom. The van der Waals surface area contributed by atoms with Crippen LogP contribution in [0.1, 0.15) is 30.4 Å². The lowest BCUT2D eigenvalue weighted by Crippen LogP contribution is -2.46. The van der Waals surface area contributed by atoms with Crippen LogP contribution < -0.4 is 0 Å². The smallest absolute Gasteiger partial charge is 0.314 e. The predicted octanol–water partition coefficient (Wildman–Crippen LogP) is 1.78. The number of sulfone groups is 1. The average Bonchev–Trinajstić information content (AvgIpc) is 2.78. The van der Waals surface area contributed by atoms with E-state index in [0.29, 0.717) is 12.8 Å². The highest BCUT2D eigenvalue weighted by Gasteiger charge is 2.52. The fourth-order valence-corrected chi connectivity index (χ4v) is 5.74. The molecule has 1 aliphatic carbocycles. The van der Waals surface area contributed by atoms with Gasteiger partial charge in [0.1, 0.15) is 0 Å². The maximum absolute atomic E-state index is 12.0. The molecule has 1 aromatic rings. The van der Waals surface area contributed by atoms with Gasteiger partial charge in [0.2, 0.25) is 0 Å². The van der Waals surface area contributed by atoms with Crippen molar-refractivity contribution in [1.82, 2.24) is 0 Å². The molecule has 1 N–H and O–H groups in total. The Bertz CT molecular complexity index is 650. The van der Waals surface area contributed by atoms with Crippen molar-refractivity contribution in [3.63, 3.8) is 0 Å². The summed E-state index contributed by atoms with van der Waals surface area (Å²) in [5, 5.41) is 9.87. The van der Waals surface area contributed by atoms with Gasteiger partial charge >= 0.3 is 5.97 Å². The first-order valence-electron chi connectivity index (χ1n) is 6.98. The topological polar surface area (TPSA) is 71.4 Å². The largest absolute Gasteiger partial charge is 0.481 e. The van der Waals surface area contributed by atoms with E-state index >= 15 is 0 Å². The average molecular weight is 294 g/mol. The monoisotopic (exact) mass is 294 g/mol. The van der Waals surface area contributed by atoms with Crippen molar-refractivity contribution >= 4 is 15.8 Å². The molecular weight excluding hydrogens is 276 g/mol. The van der Waals surface area contributed by atoms with Crippen molar-refractivity contribution in [3.8, 4) is 0 Å². The second kappa shape index (κ2) is 4.58. The molecule has 5 heteroatoms. The van der Waals surface area contributed by atoms with Gasteiger partial charge < -0.3 is 5.11 Å². The van der Waals surface area contributed by atoms with E-state index < -0.39 is 21.2 Å². The Balaban J connectivity index is 2.13. The Labute approximate surface area is 118 Å². The highest BCUT2D eigenvalue weighted by atomic mass is 32.2. The SMILES string of the molecule is O=C(O)C1(C2CCS(=O)(=O)C2)CCCc2ccccc21. The molecule has 2 unspecified atom stereocenters. The zero-order chi connectivity index (χ0) is 14.4. The van der Waals surface area contributed by atoms with Gasteiger partial charge in [0.05, 0.1) is 16.9 Å². The van der Waals surface area contributed by atoms with Crippen LogP contribution in [0.3, 0.4) is 0 Å². The molecule has 1 aromatic carbocycles. The Morgan fingerprint density at radius 3 is 2.70 bits per heavy atom. The van der Waals surface area contributed by atoms with Crippen molar-refractivity contribution in [2.75, 3.05) is 11.5 Å². The van der Waals surface area contributed by atoms with Crippen molar-refractivity contribution in [1.29, 1.82) is 0 Å². The van der Waals surface area contributed by atoms with Crippen LogP contribution in [0.2, 0.25) is 0 Å². The van der Waals surface area contributed by atoms with Gasteiger partial charge in [-0.25, -0.2) is 8.42 Å². The summed E-state index contributed by atoms with van der Waals surface area (Å²) in [5.41, 5.74) is 0.879. The zero-order valence-electron chi connectivity index (χ0n) is 11.2. The third-order valence-corrected chi connectivity index (χ3v) is 6.59. The summed E-state index contributed by atoms with van der Waals surface area (Å²) in [6, 6.07) is 7.61. The number of hydrogen-bond acceptors (Lipinski definition) is 3. The maximum atomic E-state index is 12.0. The molecule has 1 heterocycles. The first-order chi connectivity index (χ1) is 9.46. The minimum absolute atomic E-state index is 0.00757. The number of aliphatic carboxylic acids is 1. The van der Waals surface area contributed by atoms with E-state index in [1.807, 2.05) is 24.3 Å². The second-order valence-corrected chi connectivity index (χ2v) is 8.12. The van der Waals surface area contributed by atoms with E-state index in [4.69, 9.17) is 0 Å². The summed E-state index contributed by atoms with van der Waals surface area (Å²) < 4.78 is 23.5. The van der Waals surface area contributed by atoms with Gasteiger partial charge in [-0.2, -0.15) is 0 Å². The van der Waals surface area contributed by atoms with Gasteiger partial charge in [-0.1, -0.05) is 24.3 Å². The Hall–Kier alpha value is -1.36. The zero-order valence-corrected chi connectivity index (χ0v) is 12.0. The summed E-state index contributed by atoms with van der Waals surface area (Å²) in [7, 11) is -3.08. The number of fused-ring (bicyclic) bond motifs is 1. The van der Waals surface area contributed by atoms with E-state index in [1.165, 1.54) is 0 Å². The van der Waals surface area contributed by atoms with Crippen LogP contribution in [0.15, 0.2) is 24.3 Å². The second-order valence-electron chi connectivity index (χ2n) is 5.89. The summed E-state index contributed by atoms with van der Waals surface area (Å²) >= 11 is 0. The quantitative estimate of drug-likeness (QED) is 0.902. The fraction of sp³-hybridized carbons (Fsp3) is 0.533. The minimum atomic E-state index is -3.08. The van der Waals surface area contributed by atoms with Crippen LogP contribution in [0, 0.1) is 5.92 Å². The van der Waals surface area contributed by atoms with Crippen molar-refractivity contribution in [2.45, 2.75) is 31.1 Å². The van der Waals surface area contributed by atoms with Crippen molar-refractivity contribution in [3.05, 3.63) is 35.4 Å². The normalized spacial score (nSPS) is 31.7. The number of aryl methyl sites for hydroxylation is 1. The van der Waals surface area contributed by atoms with Gasteiger partial charge in [0.15, 0.2) is 9.84 Å². The lowest BCUT2D eigenvalue weighted by Gasteiger charge is -2.39. The molecule has 0 aromatic heterocycles. The molecule has 0 radical (unpaired) electrons. The van der Waals surface area contributed by atoms with Crippen LogP contribution in [-0.2, 0) is 26.5 Å². The third kappa shape index (κ3) is 1.95. The molecule has 4 nitrogen and oxygen atoms in total. The first kappa shape index (κ1) is 13.6. The van der Waals surface area contributed by atoms with E-state index in [9.17, 15) is 18.3 Å². The van der Waals surface area contributed by atoms with Crippen LogP contribution >= 0.6 is 0 Å². The number of benzene rings is 1. The van der Waals surface area contributed by atoms with Crippen LogP contribution in [-0.4, -0.2) is 31.0 Å². The van der Waals surface area contributed by atoms with Gasteiger partial charge in [0.25, 0.3) is 0 Å². The molecule has 0 bridgehead atoms. The molecule has 2 atom stereocenters. The lowest BCUT2D eigenvalue weighted by molar-refractivity contribution is -0.146. The van der Waals surface area contributed by atoms with Gasteiger partial charge in [-0.3, -0.25) is 4.79 Å². The summed E-state index contributed by atoms with van der Waals surface area (Å²) in [6.07, 6.45) is 2.69. The highest BCUT2D eigenvalue weighted by Crippen LogP contribution is 2.47. The molecule has 1 saturated heterocycles. The Morgan fingerprint density at radius 1 is 1.30 bits per heavy atom. The van der Waals surface area contributed by atoms with Gasteiger partial charge in [0, 0.05) is 0 Å². The van der Waals surface area contributed by atoms with E-state index in [2.05, 4.69) is 0 Å². The number of rotatable bonds is 2. The molecule has 1 aliphatic heterocycles. The van der Waals surface area contributed by atoms with Gasteiger partial charge in [-0.15, -0.1) is 0 Å². The van der Waals surface area contributed by atoms with Crippen molar-refractivity contribution < 1.29 is 18.3 Å².